The van der Waals surface area contributed by atoms with Crippen molar-refractivity contribution in [3.8, 4) is 0 Å². The fourth-order valence-electron chi connectivity index (χ4n) is 1.81. The smallest absolute Gasteiger partial charge is 0.253 e. The number of carbonyl (C=O) groups is 1. The number of nitrogens with one attached hydrogen (secondary N) is 1. The van der Waals surface area contributed by atoms with Crippen LogP contribution in [0.4, 0.5) is 0 Å². The molecule has 0 aromatic heterocycles. The van der Waals surface area contributed by atoms with Crippen LogP contribution in [0.2, 0.25) is 10.0 Å². The molecule has 1 N–H and O–H groups in total. The highest BCUT2D eigenvalue weighted by Gasteiger charge is 2.27. The van der Waals surface area contributed by atoms with Gasteiger partial charge in [-0.1, -0.05) is 43.1 Å². The molecule has 3 nitrogen and oxygen atoms in total. The van der Waals surface area contributed by atoms with Gasteiger partial charge in [0.25, 0.3) is 5.91 Å². The van der Waals surface area contributed by atoms with Crippen LogP contribution in [-0.2, 0) is 4.79 Å². The molecule has 0 fully saturated rings. The number of halogens is 2. The van der Waals surface area contributed by atoms with Gasteiger partial charge in [-0.3, -0.25) is 4.79 Å². The first kappa shape index (κ1) is 14.7. The number of amides is 1. The van der Waals surface area contributed by atoms with Crippen LogP contribution in [0.25, 0.3) is 0 Å². The van der Waals surface area contributed by atoms with Crippen LogP contribution >= 0.6 is 35.0 Å². The molecule has 19 heavy (non-hydrogen) atoms. The molecule has 1 amide bonds. The summed E-state index contributed by atoms with van der Waals surface area (Å²) in [7, 11) is 0. The van der Waals surface area contributed by atoms with E-state index in [9.17, 15) is 4.79 Å². The number of rotatable bonds is 3. The largest absolute Gasteiger partial charge is 0.272 e. The summed E-state index contributed by atoms with van der Waals surface area (Å²) in [5.74, 6) is -0.0393. The van der Waals surface area contributed by atoms with Gasteiger partial charge in [0.1, 0.15) is 0 Å². The molecule has 1 aliphatic rings. The second-order valence-corrected chi connectivity index (χ2v) is 7.14. The zero-order valence-electron chi connectivity index (χ0n) is 10.6. The standard InChI is InChI=1S/C13H14Cl2N2OS/c1-7(2)19-12-6-11(16-17-13(12)18)8-3-4-9(14)10(15)5-8/h3-5,7,12H,6H2,1-2H3,(H,17,18). The topological polar surface area (TPSA) is 41.5 Å². The Balaban J connectivity index is 2.21. The van der Waals surface area contributed by atoms with Crippen LogP contribution in [0, 0.1) is 0 Å². The molecule has 1 aliphatic heterocycles. The Morgan fingerprint density at radius 2 is 2.11 bits per heavy atom. The van der Waals surface area contributed by atoms with Crippen LogP contribution in [-0.4, -0.2) is 22.1 Å². The van der Waals surface area contributed by atoms with Crippen molar-refractivity contribution in [2.45, 2.75) is 30.8 Å². The summed E-state index contributed by atoms with van der Waals surface area (Å²) in [5.41, 5.74) is 4.29. The van der Waals surface area contributed by atoms with Gasteiger partial charge in [-0.05, 0) is 22.9 Å². The average Bonchev–Trinajstić information content (AvgIpc) is 2.35. The number of carbonyl (C=O) groups excluding carboxylic acids is 1. The van der Waals surface area contributed by atoms with E-state index in [2.05, 4.69) is 24.4 Å². The van der Waals surface area contributed by atoms with E-state index in [4.69, 9.17) is 23.2 Å². The SMILES string of the molecule is CC(C)SC1CC(c2ccc(Cl)c(Cl)c2)=NNC1=O. The summed E-state index contributed by atoms with van der Waals surface area (Å²) in [6.45, 7) is 4.14. The lowest BCUT2D eigenvalue weighted by Gasteiger charge is -2.22. The molecule has 0 saturated heterocycles. The molecular weight excluding hydrogens is 303 g/mol. The van der Waals surface area contributed by atoms with Crippen molar-refractivity contribution < 1.29 is 4.79 Å². The van der Waals surface area contributed by atoms with E-state index in [0.717, 1.165) is 11.3 Å². The van der Waals surface area contributed by atoms with E-state index in [1.165, 1.54) is 0 Å². The predicted octanol–water partition coefficient (Wildman–Crippen LogP) is 3.73. The first-order chi connectivity index (χ1) is 8.97. The summed E-state index contributed by atoms with van der Waals surface area (Å²) < 4.78 is 0. The van der Waals surface area contributed by atoms with Crippen molar-refractivity contribution in [1.29, 1.82) is 0 Å². The molecule has 1 aromatic rings. The third kappa shape index (κ3) is 3.65. The van der Waals surface area contributed by atoms with Crippen LogP contribution in [0.15, 0.2) is 23.3 Å². The van der Waals surface area contributed by atoms with Crippen LogP contribution in [0.1, 0.15) is 25.8 Å². The molecule has 0 radical (unpaired) electrons. The van der Waals surface area contributed by atoms with E-state index in [-0.39, 0.29) is 11.2 Å². The van der Waals surface area contributed by atoms with E-state index in [1.54, 1.807) is 23.9 Å². The Morgan fingerprint density at radius 1 is 1.37 bits per heavy atom. The second-order valence-electron chi connectivity index (χ2n) is 4.54. The Labute approximate surface area is 126 Å². The van der Waals surface area contributed by atoms with Gasteiger partial charge >= 0.3 is 0 Å². The molecule has 0 saturated carbocycles. The zero-order valence-corrected chi connectivity index (χ0v) is 12.9. The second kappa shape index (κ2) is 6.16. The number of thioether (sulfide) groups is 1. The number of nitrogens with zero attached hydrogens (tertiary/aromatic N) is 1. The highest BCUT2D eigenvalue weighted by atomic mass is 35.5. The Bertz CT molecular complexity index is 531. The highest BCUT2D eigenvalue weighted by Crippen LogP contribution is 2.27. The zero-order chi connectivity index (χ0) is 14.0. The number of hydrogen-bond acceptors (Lipinski definition) is 3. The summed E-state index contributed by atoms with van der Waals surface area (Å²) in [6.07, 6.45) is 0.604. The molecule has 102 valence electrons. The molecule has 1 atom stereocenters. The minimum absolute atomic E-state index is 0.0393. The van der Waals surface area contributed by atoms with Crippen LogP contribution in [0.3, 0.4) is 0 Å². The monoisotopic (exact) mass is 316 g/mol. The normalized spacial score (nSPS) is 19.3. The van der Waals surface area contributed by atoms with Gasteiger partial charge in [0.05, 0.1) is 21.0 Å². The van der Waals surface area contributed by atoms with Gasteiger partial charge in [0, 0.05) is 6.42 Å². The lowest BCUT2D eigenvalue weighted by Crippen LogP contribution is -2.37. The fourth-order valence-corrected chi connectivity index (χ4v) is 3.19. The predicted molar refractivity (Wildman–Crippen MR) is 82.3 cm³/mol. The lowest BCUT2D eigenvalue weighted by atomic mass is 10.0. The molecule has 6 heteroatoms. The van der Waals surface area contributed by atoms with Crippen LogP contribution < -0.4 is 5.43 Å². The summed E-state index contributed by atoms with van der Waals surface area (Å²) in [6, 6.07) is 5.38. The van der Waals surface area contributed by atoms with Crippen molar-refractivity contribution in [3.63, 3.8) is 0 Å². The quantitative estimate of drug-likeness (QED) is 0.923. The number of hydrogen-bond donors (Lipinski definition) is 1. The van der Waals surface area contributed by atoms with Gasteiger partial charge in [0.2, 0.25) is 0 Å². The minimum Gasteiger partial charge on any atom is -0.272 e. The third-order valence-electron chi connectivity index (χ3n) is 2.66. The molecule has 1 heterocycles. The molecule has 0 spiro atoms. The third-order valence-corrected chi connectivity index (χ3v) is 4.65. The Hall–Kier alpha value is -0.710. The van der Waals surface area contributed by atoms with Crippen molar-refractivity contribution in [2.75, 3.05) is 0 Å². The van der Waals surface area contributed by atoms with E-state index in [0.29, 0.717) is 21.7 Å². The van der Waals surface area contributed by atoms with Crippen molar-refractivity contribution >= 4 is 46.6 Å². The molecular formula is C13H14Cl2N2OS. The summed E-state index contributed by atoms with van der Waals surface area (Å²) in [4.78, 5) is 11.7. The Morgan fingerprint density at radius 3 is 2.74 bits per heavy atom. The Kier molecular flexibility index (Phi) is 4.76. The minimum atomic E-state index is -0.109. The average molecular weight is 317 g/mol. The first-order valence-corrected chi connectivity index (χ1v) is 7.64. The van der Waals surface area contributed by atoms with E-state index >= 15 is 0 Å². The van der Waals surface area contributed by atoms with Gasteiger partial charge in [-0.25, -0.2) is 5.43 Å². The maximum absolute atomic E-state index is 11.7. The van der Waals surface area contributed by atoms with Gasteiger partial charge in [-0.15, -0.1) is 11.8 Å². The molecule has 1 aromatic carbocycles. The highest BCUT2D eigenvalue weighted by molar-refractivity contribution is 8.01. The van der Waals surface area contributed by atoms with Crippen LogP contribution in [0.5, 0.6) is 0 Å². The van der Waals surface area contributed by atoms with Crippen molar-refractivity contribution in [1.82, 2.24) is 5.43 Å². The molecule has 2 rings (SSSR count). The fraction of sp³-hybridized carbons (Fsp3) is 0.385. The van der Waals surface area contributed by atoms with Gasteiger partial charge < -0.3 is 0 Å². The van der Waals surface area contributed by atoms with E-state index < -0.39 is 0 Å². The van der Waals surface area contributed by atoms with E-state index in [1.807, 2.05) is 6.07 Å². The summed E-state index contributed by atoms with van der Waals surface area (Å²) in [5, 5.41) is 5.40. The van der Waals surface area contributed by atoms with Gasteiger partial charge in [-0.2, -0.15) is 5.10 Å². The first-order valence-electron chi connectivity index (χ1n) is 5.94. The van der Waals surface area contributed by atoms with Crippen molar-refractivity contribution in [3.05, 3.63) is 33.8 Å². The molecule has 1 unspecified atom stereocenters. The number of benzene rings is 1. The lowest BCUT2D eigenvalue weighted by molar-refractivity contribution is -0.120. The maximum atomic E-state index is 11.7. The van der Waals surface area contributed by atoms with Gasteiger partial charge in [0.15, 0.2) is 0 Å². The summed E-state index contributed by atoms with van der Waals surface area (Å²) >= 11 is 13.5. The molecule has 0 bridgehead atoms. The molecule has 0 aliphatic carbocycles. The maximum Gasteiger partial charge on any atom is 0.253 e. The number of hydrazone groups is 1. The van der Waals surface area contributed by atoms with Crippen molar-refractivity contribution in [2.24, 2.45) is 5.10 Å².